The first-order chi connectivity index (χ1) is 5.16. The molecule has 66 valence electrons. The summed E-state index contributed by atoms with van der Waals surface area (Å²) in [5.41, 5.74) is 0. The number of nitrogens with zero attached hydrogens (tertiary/aromatic N) is 1. The summed E-state index contributed by atoms with van der Waals surface area (Å²) in [4.78, 5) is 12.8. The number of ether oxygens (including phenoxy) is 1. The predicted octanol–water partition coefficient (Wildman–Crippen LogP) is 0.544. The van der Waals surface area contributed by atoms with Gasteiger partial charge < -0.3 is 9.64 Å². The second kappa shape index (κ2) is 6.31. The van der Waals surface area contributed by atoms with Crippen molar-refractivity contribution >= 4 is 5.78 Å². The molecule has 0 saturated heterocycles. The molecule has 0 N–H and O–H groups in total. The Labute approximate surface area is 68.3 Å². The molecule has 0 aromatic carbocycles. The maximum absolute atomic E-state index is 11.0. The zero-order valence-corrected chi connectivity index (χ0v) is 7.59. The van der Waals surface area contributed by atoms with Gasteiger partial charge in [0.2, 0.25) is 0 Å². The van der Waals surface area contributed by atoms with Gasteiger partial charge in [0.1, 0.15) is 6.61 Å². The lowest BCUT2D eigenvalue weighted by molar-refractivity contribution is -0.124. The van der Waals surface area contributed by atoms with Gasteiger partial charge in [0.05, 0.1) is 6.54 Å². The zero-order chi connectivity index (χ0) is 8.69. The van der Waals surface area contributed by atoms with E-state index in [1.165, 1.54) is 0 Å². The first-order valence-corrected chi connectivity index (χ1v) is 3.91. The van der Waals surface area contributed by atoms with E-state index in [1.807, 2.05) is 25.9 Å². The predicted molar refractivity (Wildman–Crippen MR) is 44.7 cm³/mol. The molecular weight excluding hydrogens is 142 g/mol. The second-order valence-corrected chi connectivity index (χ2v) is 2.83. The van der Waals surface area contributed by atoms with Crippen molar-refractivity contribution < 1.29 is 9.53 Å². The fraction of sp³-hybridized carbons (Fsp3) is 0.875. The van der Waals surface area contributed by atoms with Gasteiger partial charge in [-0.15, -0.1) is 0 Å². The molecule has 0 aliphatic heterocycles. The molecule has 0 aliphatic rings. The average molecular weight is 159 g/mol. The van der Waals surface area contributed by atoms with E-state index in [0.29, 0.717) is 13.2 Å². The molecule has 0 spiro atoms. The SMILES string of the molecule is CCCOCC(=O)CN(C)C. The smallest absolute Gasteiger partial charge is 0.172 e. The van der Waals surface area contributed by atoms with Crippen molar-refractivity contribution in [3.05, 3.63) is 0 Å². The van der Waals surface area contributed by atoms with Gasteiger partial charge in [0, 0.05) is 6.61 Å². The molecule has 0 amide bonds. The first kappa shape index (κ1) is 10.6. The highest BCUT2D eigenvalue weighted by Gasteiger charge is 2.01. The molecule has 0 rings (SSSR count). The lowest BCUT2D eigenvalue weighted by Crippen LogP contribution is -2.25. The third kappa shape index (κ3) is 7.49. The molecule has 0 aromatic rings. The maximum atomic E-state index is 11.0. The highest BCUT2D eigenvalue weighted by Crippen LogP contribution is 1.83. The van der Waals surface area contributed by atoms with Crippen molar-refractivity contribution in [3.63, 3.8) is 0 Å². The Bertz CT molecular complexity index is 113. The summed E-state index contributed by atoms with van der Waals surface area (Å²) in [5, 5.41) is 0. The van der Waals surface area contributed by atoms with Gasteiger partial charge in [0.15, 0.2) is 5.78 Å². The summed E-state index contributed by atoms with van der Waals surface area (Å²) in [6, 6.07) is 0. The molecule has 0 heterocycles. The average Bonchev–Trinajstić information content (AvgIpc) is 1.86. The van der Waals surface area contributed by atoms with Crippen LogP contribution >= 0.6 is 0 Å². The van der Waals surface area contributed by atoms with E-state index in [2.05, 4.69) is 0 Å². The molecule has 0 bridgehead atoms. The van der Waals surface area contributed by atoms with Crippen LogP contribution in [-0.4, -0.2) is 44.5 Å². The molecule has 11 heavy (non-hydrogen) atoms. The summed E-state index contributed by atoms with van der Waals surface area (Å²) in [7, 11) is 3.75. The van der Waals surface area contributed by atoms with E-state index in [0.717, 1.165) is 6.42 Å². The van der Waals surface area contributed by atoms with Crippen molar-refractivity contribution in [2.24, 2.45) is 0 Å². The van der Waals surface area contributed by atoms with Crippen LogP contribution in [0, 0.1) is 0 Å². The Morgan fingerprint density at radius 3 is 2.55 bits per heavy atom. The third-order valence-corrected chi connectivity index (χ3v) is 1.10. The molecular formula is C8H17NO2. The number of hydrogen-bond donors (Lipinski definition) is 0. The number of carbonyl (C=O) groups excluding carboxylic acids is 1. The van der Waals surface area contributed by atoms with Crippen molar-refractivity contribution in [2.75, 3.05) is 33.9 Å². The fourth-order valence-corrected chi connectivity index (χ4v) is 0.729. The van der Waals surface area contributed by atoms with Crippen LogP contribution in [0.5, 0.6) is 0 Å². The molecule has 0 unspecified atom stereocenters. The number of carbonyl (C=O) groups is 1. The number of Topliss-reactive ketones (excluding diaryl/α,β-unsaturated/α-hetero) is 1. The van der Waals surface area contributed by atoms with Crippen LogP contribution in [0.3, 0.4) is 0 Å². The van der Waals surface area contributed by atoms with E-state index in [4.69, 9.17) is 4.74 Å². The van der Waals surface area contributed by atoms with Gasteiger partial charge in [0.25, 0.3) is 0 Å². The molecule has 3 nitrogen and oxygen atoms in total. The topological polar surface area (TPSA) is 29.5 Å². The Morgan fingerprint density at radius 1 is 1.45 bits per heavy atom. The van der Waals surface area contributed by atoms with E-state index >= 15 is 0 Å². The minimum absolute atomic E-state index is 0.142. The minimum Gasteiger partial charge on any atom is -0.374 e. The molecule has 0 radical (unpaired) electrons. The normalized spacial score (nSPS) is 10.5. The summed E-state index contributed by atoms with van der Waals surface area (Å²) in [5.74, 6) is 0.142. The van der Waals surface area contributed by atoms with E-state index in [9.17, 15) is 4.79 Å². The lowest BCUT2D eigenvalue weighted by atomic mass is 10.4. The second-order valence-electron chi connectivity index (χ2n) is 2.83. The Morgan fingerprint density at radius 2 is 2.09 bits per heavy atom. The summed E-state index contributed by atoms with van der Waals surface area (Å²) in [6.07, 6.45) is 0.968. The van der Waals surface area contributed by atoms with Gasteiger partial charge in [-0.1, -0.05) is 6.92 Å². The van der Waals surface area contributed by atoms with Gasteiger partial charge >= 0.3 is 0 Å². The number of likely N-dealkylation sites (N-methyl/N-ethyl adjacent to an activating group) is 1. The highest BCUT2D eigenvalue weighted by molar-refractivity contribution is 5.81. The lowest BCUT2D eigenvalue weighted by Gasteiger charge is -2.07. The maximum Gasteiger partial charge on any atom is 0.172 e. The number of ketones is 1. The Hall–Kier alpha value is -0.410. The van der Waals surface area contributed by atoms with Crippen LogP contribution in [-0.2, 0) is 9.53 Å². The van der Waals surface area contributed by atoms with Gasteiger partial charge in [-0.05, 0) is 20.5 Å². The number of hydrogen-bond acceptors (Lipinski definition) is 3. The quantitative estimate of drug-likeness (QED) is 0.530. The van der Waals surface area contributed by atoms with Crippen LogP contribution in [0.4, 0.5) is 0 Å². The van der Waals surface area contributed by atoms with Crippen LogP contribution < -0.4 is 0 Å². The van der Waals surface area contributed by atoms with E-state index in [1.54, 1.807) is 0 Å². The molecule has 0 fully saturated rings. The molecule has 0 aliphatic carbocycles. The molecule has 0 aromatic heterocycles. The van der Waals surface area contributed by atoms with Crippen LogP contribution in [0.1, 0.15) is 13.3 Å². The fourth-order valence-electron chi connectivity index (χ4n) is 0.729. The van der Waals surface area contributed by atoms with Crippen molar-refractivity contribution in [3.8, 4) is 0 Å². The van der Waals surface area contributed by atoms with Crippen molar-refractivity contribution in [1.29, 1.82) is 0 Å². The van der Waals surface area contributed by atoms with E-state index in [-0.39, 0.29) is 12.4 Å². The first-order valence-electron chi connectivity index (χ1n) is 3.91. The Kier molecular flexibility index (Phi) is 6.07. The summed E-state index contributed by atoms with van der Waals surface area (Å²) < 4.78 is 5.07. The third-order valence-electron chi connectivity index (χ3n) is 1.10. The van der Waals surface area contributed by atoms with Crippen molar-refractivity contribution in [1.82, 2.24) is 4.90 Å². The number of rotatable bonds is 6. The van der Waals surface area contributed by atoms with Crippen LogP contribution in [0.2, 0.25) is 0 Å². The van der Waals surface area contributed by atoms with Gasteiger partial charge in [-0.3, -0.25) is 4.79 Å². The molecule has 0 saturated carbocycles. The van der Waals surface area contributed by atoms with Crippen LogP contribution in [0.25, 0.3) is 0 Å². The van der Waals surface area contributed by atoms with Crippen molar-refractivity contribution in [2.45, 2.75) is 13.3 Å². The molecule has 3 heteroatoms. The standard InChI is InChI=1S/C8H17NO2/c1-4-5-11-7-8(10)6-9(2)3/h4-7H2,1-3H3. The van der Waals surface area contributed by atoms with Crippen LogP contribution in [0.15, 0.2) is 0 Å². The zero-order valence-electron chi connectivity index (χ0n) is 7.59. The highest BCUT2D eigenvalue weighted by atomic mass is 16.5. The minimum atomic E-state index is 0.142. The van der Waals surface area contributed by atoms with Gasteiger partial charge in [-0.25, -0.2) is 0 Å². The van der Waals surface area contributed by atoms with Gasteiger partial charge in [-0.2, -0.15) is 0 Å². The summed E-state index contributed by atoms with van der Waals surface area (Å²) >= 11 is 0. The van der Waals surface area contributed by atoms with E-state index < -0.39 is 0 Å². The monoisotopic (exact) mass is 159 g/mol. The summed E-state index contributed by atoms with van der Waals surface area (Å²) in [6.45, 7) is 3.44. The molecule has 0 atom stereocenters. The Balaban J connectivity index is 3.23. The largest absolute Gasteiger partial charge is 0.374 e.